The van der Waals surface area contributed by atoms with Crippen LogP contribution in [-0.2, 0) is 15.6 Å². The van der Waals surface area contributed by atoms with Gasteiger partial charge in [0, 0.05) is 0 Å². The topological polar surface area (TPSA) is 84.6 Å². The zero-order valence-electron chi connectivity index (χ0n) is 3.66. The van der Waals surface area contributed by atoms with E-state index in [9.17, 15) is 4.21 Å². The number of hydrogen-bond acceptors (Lipinski definition) is 3. The molecule has 0 radical (unpaired) electrons. The van der Waals surface area contributed by atoms with Crippen molar-refractivity contribution in [2.75, 3.05) is 0 Å². The van der Waals surface area contributed by atoms with E-state index in [4.69, 9.17) is 10.3 Å². The molecule has 9 heavy (non-hydrogen) atoms. The van der Waals surface area contributed by atoms with Gasteiger partial charge in [0.05, 0.1) is 0 Å². The third-order valence-electron chi connectivity index (χ3n) is 0.214. The molecule has 1 unspecified atom stereocenters. The van der Waals surface area contributed by atoms with E-state index < -0.39 is 11.4 Å². The molecule has 1 atom stereocenters. The van der Waals surface area contributed by atoms with Crippen LogP contribution in [0.4, 0.5) is 0 Å². The van der Waals surface area contributed by atoms with E-state index in [0.29, 0.717) is 0 Å². The molecular weight excluding hydrogens is 175 g/mol. The molecule has 8 heteroatoms. The van der Waals surface area contributed by atoms with Crippen molar-refractivity contribution in [3.05, 3.63) is 0 Å². The summed E-state index contributed by atoms with van der Waals surface area (Å²) in [6.45, 7) is 0. The molecule has 0 amide bonds. The first-order valence-corrected chi connectivity index (χ1v) is 2.90. The van der Waals surface area contributed by atoms with Gasteiger partial charge in [-0.1, -0.05) is 0 Å². The van der Waals surface area contributed by atoms with Crippen LogP contribution in [0.5, 0.6) is 0 Å². The molecule has 0 aliphatic carbocycles. The summed E-state index contributed by atoms with van der Waals surface area (Å²) in [5, 5.41) is -0.188. The van der Waals surface area contributed by atoms with Gasteiger partial charge in [-0.3, -0.25) is 4.55 Å². The Hall–Kier alpha value is 0.760. The molecule has 0 fully saturated rings. The fraction of sp³-hybridized carbons (Fsp3) is 0. The number of nitrogens with one attached hydrogen (secondary N) is 1. The van der Waals surface area contributed by atoms with E-state index in [-0.39, 0.29) is 34.7 Å². The molecule has 4 N–H and O–H groups in total. The van der Waals surface area contributed by atoms with Crippen molar-refractivity contribution in [3.63, 3.8) is 0 Å². The molecule has 0 bridgehead atoms. The maximum atomic E-state index is 9.61. The van der Waals surface area contributed by atoms with Crippen molar-refractivity contribution in [1.29, 1.82) is 0 Å². The molecule has 0 aromatic rings. The summed E-state index contributed by atoms with van der Waals surface area (Å²) < 4.78 is 21.3. The SMILES string of the molecule is NC(=S)NOS(=O)O.[NaH]. The van der Waals surface area contributed by atoms with E-state index in [1.807, 2.05) is 0 Å². The Kier molecular flexibility index (Phi) is 9.50. The molecule has 5 nitrogen and oxygen atoms in total. The van der Waals surface area contributed by atoms with Crippen molar-refractivity contribution in [2.45, 2.75) is 0 Å². The second-order valence-electron chi connectivity index (χ2n) is 0.767. The fourth-order valence-electron chi connectivity index (χ4n) is 0.0767. The number of hydroxylamine groups is 1. The minimum absolute atomic E-state index is 0. The van der Waals surface area contributed by atoms with Gasteiger partial charge in [0.2, 0.25) is 0 Å². The fourth-order valence-corrected chi connectivity index (χ4v) is 0.332. The Balaban J connectivity index is 0. The van der Waals surface area contributed by atoms with Crippen LogP contribution in [0.15, 0.2) is 0 Å². The first-order valence-electron chi connectivity index (χ1n) is 1.46. The van der Waals surface area contributed by atoms with E-state index >= 15 is 0 Å². The summed E-state index contributed by atoms with van der Waals surface area (Å²) >= 11 is 1.85. The summed E-state index contributed by atoms with van der Waals surface area (Å²) in [6, 6.07) is 0. The monoisotopic (exact) mass is 180 g/mol. The second-order valence-corrected chi connectivity index (χ2v) is 1.81. The van der Waals surface area contributed by atoms with Crippen LogP contribution in [0, 0.1) is 0 Å². The Labute approximate surface area is 82.1 Å². The maximum absolute atomic E-state index is 9.61. The molecule has 0 aromatic heterocycles. The van der Waals surface area contributed by atoms with Gasteiger partial charge in [-0.25, -0.2) is 5.48 Å². The molecule has 0 saturated heterocycles. The summed E-state index contributed by atoms with van der Waals surface area (Å²) in [5.41, 5.74) is 6.59. The number of hydrogen-bond donors (Lipinski definition) is 3. The first-order chi connectivity index (χ1) is 3.63. The molecule has 0 heterocycles. The minimum atomic E-state index is -2.36. The number of nitrogens with two attached hydrogens (primary N) is 1. The van der Waals surface area contributed by atoms with Crippen molar-refractivity contribution >= 4 is 58.2 Å². The number of rotatable bonds is 2. The Morgan fingerprint density at radius 1 is 1.89 bits per heavy atom. The van der Waals surface area contributed by atoms with Crippen LogP contribution >= 0.6 is 12.2 Å². The standard InChI is InChI=1S/CH4N2O3S2.Na.H/c2-1(7)3-6-8(4)5;;/h(H,4,5)(H3,2,3,7);;. The van der Waals surface area contributed by atoms with Crippen LogP contribution in [0.3, 0.4) is 0 Å². The van der Waals surface area contributed by atoms with Crippen LogP contribution in [0.25, 0.3) is 0 Å². The molecular formula is CH5N2NaO3S2. The van der Waals surface area contributed by atoms with Gasteiger partial charge in [0.15, 0.2) is 5.11 Å². The normalized spacial score (nSPS) is 11.2. The van der Waals surface area contributed by atoms with Gasteiger partial charge < -0.3 is 5.73 Å². The predicted octanol–water partition coefficient (Wildman–Crippen LogP) is -1.76. The Bertz CT molecular complexity index is 104. The Morgan fingerprint density at radius 3 is 2.44 bits per heavy atom. The summed E-state index contributed by atoms with van der Waals surface area (Å²) in [7, 11) is 0. The predicted molar refractivity (Wildman–Crippen MR) is 38.9 cm³/mol. The Morgan fingerprint density at radius 2 is 2.33 bits per heavy atom. The van der Waals surface area contributed by atoms with Crippen LogP contribution < -0.4 is 11.2 Å². The third kappa shape index (κ3) is 12.1. The van der Waals surface area contributed by atoms with Crippen LogP contribution in [-0.4, -0.2) is 43.4 Å². The van der Waals surface area contributed by atoms with Crippen LogP contribution in [0.1, 0.15) is 0 Å². The molecule has 50 valence electrons. The summed E-state index contributed by atoms with van der Waals surface area (Å²) in [4.78, 5) is 0. The van der Waals surface area contributed by atoms with E-state index in [1.54, 1.807) is 5.48 Å². The average Bonchev–Trinajstić information content (AvgIpc) is 1.61. The molecule has 0 rings (SSSR count). The first kappa shape index (κ1) is 12.4. The van der Waals surface area contributed by atoms with E-state index in [0.717, 1.165) is 0 Å². The van der Waals surface area contributed by atoms with Crippen molar-refractivity contribution in [1.82, 2.24) is 5.48 Å². The molecule has 0 spiro atoms. The van der Waals surface area contributed by atoms with Gasteiger partial charge in [-0.05, 0) is 12.2 Å². The van der Waals surface area contributed by atoms with Crippen molar-refractivity contribution < 1.29 is 13.0 Å². The van der Waals surface area contributed by atoms with Gasteiger partial charge in [0.1, 0.15) is 0 Å². The van der Waals surface area contributed by atoms with Gasteiger partial charge in [-0.2, -0.15) is 4.21 Å². The van der Waals surface area contributed by atoms with Crippen LogP contribution in [0.2, 0.25) is 0 Å². The van der Waals surface area contributed by atoms with Gasteiger partial charge in [0.25, 0.3) is 0 Å². The zero-order chi connectivity index (χ0) is 6.57. The van der Waals surface area contributed by atoms with E-state index in [1.165, 1.54) is 0 Å². The average molecular weight is 180 g/mol. The molecule has 0 aliphatic heterocycles. The van der Waals surface area contributed by atoms with Gasteiger partial charge in [-0.15, -0.1) is 4.28 Å². The quantitative estimate of drug-likeness (QED) is 0.202. The van der Waals surface area contributed by atoms with E-state index in [2.05, 4.69) is 16.5 Å². The molecule has 0 aliphatic rings. The van der Waals surface area contributed by atoms with Crippen molar-refractivity contribution in [3.8, 4) is 0 Å². The zero-order valence-corrected chi connectivity index (χ0v) is 5.29. The third-order valence-corrected chi connectivity index (χ3v) is 0.523. The summed E-state index contributed by atoms with van der Waals surface area (Å²) in [5.74, 6) is 0. The number of thiocarbonyl (C=S) groups is 1. The molecule has 0 aromatic carbocycles. The summed E-state index contributed by atoms with van der Waals surface area (Å²) in [6.07, 6.45) is 0. The molecule has 0 saturated carbocycles. The van der Waals surface area contributed by atoms with Gasteiger partial charge >= 0.3 is 40.9 Å². The van der Waals surface area contributed by atoms with Crippen molar-refractivity contribution in [2.24, 2.45) is 5.73 Å². The second kappa shape index (κ2) is 6.87.